The van der Waals surface area contributed by atoms with Crippen molar-refractivity contribution in [3.05, 3.63) is 27.1 Å². The third-order valence-electron chi connectivity index (χ3n) is 2.97. The van der Waals surface area contributed by atoms with Crippen LogP contribution in [0.25, 0.3) is 0 Å². The van der Waals surface area contributed by atoms with Crippen molar-refractivity contribution in [2.24, 2.45) is 0 Å². The zero-order valence-corrected chi connectivity index (χ0v) is 12.1. The number of amides is 1. The maximum absolute atomic E-state index is 12.4. The van der Waals surface area contributed by atoms with Crippen molar-refractivity contribution in [2.75, 3.05) is 5.75 Å². The number of rotatable bonds is 4. The van der Waals surface area contributed by atoms with E-state index in [0.717, 1.165) is 11.3 Å². The van der Waals surface area contributed by atoms with Crippen LogP contribution in [0.15, 0.2) is 11.4 Å². The van der Waals surface area contributed by atoms with E-state index in [1.54, 1.807) is 0 Å². The first-order valence-electron chi connectivity index (χ1n) is 5.85. The monoisotopic (exact) mass is 316 g/mol. The van der Waals surface area contributed by atoms with E-state index in [1.165, 1.54) is 28.1 Å². The van der Waals surface area contributed by atoms with Gasteiger partial charge in [-0.25, -0.2) is 4.79 Å². The number of aliphatic carboxylic acids is 1. The summed E-state index contributed by atoms with van der Waals surface area (Å²) in [7, 11) is 0. The predicted octanol–water partition coefficient (Wildman–Crippen LogP) is 2.03. The lowest BCUT2D eigenvalue weighted by atomic mass is 10.2. The summed E-state index contributed by atoms with van der Waals surface area (Å²) < 4.78 is 0. The Bertz CT molecular complexity index is 559. The number of carbonyl (C=O) groups is 2. The van der Waals surface area contributed by atoms with Gasteiger partial charge in [0.05, 0.1) is 15.9 Å². The number of nitro groups is 1. The van der Waals surface area contributed by atoms with E-state index in [2.05, 4.69) is 0 Å². The molecule has 2 rings (SSSR count). The van der Waals surface area contributed by atoms with Gasteiger partial charge in [-0.2, -0.15) is 0 Å². The molecule has 108 valence electrons. The summed E-state index contributed by atoms with van der Waals surface area (Å²) in [6, 6.07) is 0.318. The van der Waals surface area contributed by atoms with Gasteiger partial charge in [0.15, 0.2) is 0 Å². The molecule has 20 heavy (non-hydrogen) atoms. The van der Waals surface area contributed by atoms with E-state index in [4.69, 9.17) is 0 Å². The van der Waals surface area contributed by atoms with Gasteiger partial charge in [-0.3, -0.25) is 14.9 Å². The lowest BCUT2D eigenvalue weighted by molar-refractivity contribution is -0.380. The second kappa shape index (κ2) is 5.80. The molecule has 0 spiro atoms. The maximum atomic E-state index is 12.4. The standard InChI is InChI=1S/C11H12N2O5S2/c1-2-8-12(7(5-20-8)11(15)16)10(14)6-3-9(13(17)18)19-4-6/h3-4,7-8H,2,5H2,1H3,(H,15,16). The molecular formula is C11H12N2O5S2. The van der Waals surface area contributed by atoms with Crippen molar-refractivity contribution >= 4 is 40.0 Å². The maximum Gasteiger partial charge on any atom is 0.327 e. The second-order valence-electron chi connectivity index (χ2n) is 4.19. The number of hydrogen-bond acceptors (Lipinski definition) is 6. The predicted molar refractivity (Wildman–Crippen MR) is 75.1 cm³/mol. The van der Waals surface area contributed by atoms with Crippen LogP contribution in [-0.2, 0) is 4.79 Å². The molecule has 2 heterocycles. The third kappa shape index (κ3) is 2.63. The lowest BCUT2D eigenvalue weighted by Crippen LogP contribution is -2.45. The summed E-state index contributed by atoms with van der Waals surface area (Å²) in [4.78, 5) is 35.0. The summed E-state index contributed by atoms with van der Waals surface area (Å²) in [5, 5.41) is 20.9. The SMILES string of the molecule is CCC1SCC(C(=O)O)N1C(=O)c1csc([N+](=O)[O-])c1. The molecule has 9 heteroatoms. The molecule has 0 radical (unpaired) electrons. The average Bonchev–Trinajstić information content (AvgIpc) is 3.04. The van der Waals surface area contributed by atoms with E-state index in [0.29, 0.717) is 12.2 Å². The van der Waals surface area contributed by atoms with E-state index in [9.17, 15) is 24.8 Å². The topological polar surface area (TPSA) is 101 Å². The van der Waals surface area contributed by atoms with Crippen molar-refractivity contribution < 1.29 is 19.6 Å². The highest BCUT2D eigenvalue weighted by molar-refractivity contribution is 8.00. The molecular weight excluding hydrogens is 304 g/mol. The van der Waals surface area contributed by atoms with Crippen LogP contribution in [0.3, 0.4) is 0 Å². The zero-order valence-electron chi connectivity index (χ0n) is 10.5. The summed E-state index contributed by atoms with van der Waals surface area (Å²) in [6.45, 7) is 1.87. The second-order valence-corrected chi connectivity index (χ2v) is 6.29. The molecule has 1 aliphatic rings. The molecule has 0 bridgehead atoms. The highest BCUT2D eigenvalue weighted by Gasteiger charge is 2.41. The Kier molecular flexibility index (Phi) is 4.29. The molecule has 1 N–H and O–H groups in total. The highest BCUT2D eigenvalue weighted by Crippen LogP contribution is 2.34. The van der Waals surface area contributed by atoms with E-state index in [-0.39, 0.29) is 15.9 Å². The number of carboxylic acids is 1. The van der Waals surface area contributed by atoms with Crippen molar-refractivity contribution in [2.45, 2.75) is 24.8 Å². The Morgan fingerprint density at radius 3 is 2.80 bits per heavy atom. The number of hydrogen-bond donors (Lipinski definition) is 1. The Balaban J connectivity index is 2.28. The molecule has 1 aromatic rings. The Labute approximate surface area is 122 Å². The summed E-state index contributed by atoms with van der Waals surface area (Å²) >= 11 is 2.28. The van der Waals surface area contributed by atoms with Crippen LogP contribution in [0, 0.1) is 10.1 Å². The number of carboxylic acid groups (broad SMARTS) is 1. The molecule has 0 aliphatic carbocycles. The molecule has 0 saturated carbocycles. The van der Waals surface area contributed by atoms with Gasteiger partial charge in [0.1, 0.15) is 6.04 Å². The zero-order chi connectivity index (χ0) is 14.9. The quantitative estimate of drug-likeness (QED) is 0.674. The van der Waals surface area contributed by atoms with Crippen molar-refractivity contribution in [1.82, 2.24) is 4.90 Å². The van der Waals surface area contributed by atoms with Crippen molar-refractivity contribution in [1.29, 1.82) is 0 Å². The van der Waals surface area contributed by atoms with Gasteiger partial charge in [-0.15, -0.1) is 11.8 Å². The highest BCUT2D eigenvalue weighted by atomic mass is 32.2. The van der Waals surface area contributed by atoms with Gasteiger partial charge in [0.25, 0.3) is 5.91 Å². The largest absolute Gasteiger partial charge is 0.480 e. The molecule has 1 amide bonds. The molecule has 0 aromatic carbocycles. The fraction of sp³-hybridized carbons (Fsp3) is 0.455. The summed E-state index contributed by atoms with van der Waals surface area (Å²) in [6.07, 6.45) is 0.631. The first-order chi connectivity index (χ1) is 9.45. The summed E-state index contributed by atoms with van der Waals surface area (Å²) in [5.41, 5.74) is 0.175. The molecule has 2 atom stereocenters. The molecule has 1 fully saturated rings. The van der Waals surface area contributed by atoms with Crippen LogP contribution in [-0.4, -0.2) is 44.0 Å². The van der Waals surface area contributed by atoms with Gasteiger partial charge in [0.2, 0.25) is 0 Å². The number of carbonyl (C=O) groups excluding carboxylic acids is 1. The molecule has 7 nitrogen and oxygen atoms in total. The van der Waals surface area contributed by atoms with Gasteiger partial charge >= 0.3 is 11.0 Å². The van der Waals surface area contributed by atoms with E-state index >= 15 is 0 Å². The van der Waals surface area contributed by atoms with Gasteiger partial charge in [0, 0.05) is 17.2 Å². The fourth-order valence-electron chi connectivity index (χ4n) is 2.02. The van der Waals surface area contributed by atoms with Crippen LogP contribution >= 0.6 is 23.1 Å². The Morgan fingerprint density at radius 2 is 2.30 bits per heavy atom. The number of thiophene rings is 1. The van der Waals surface area contributed by atoms with Crippen molar-refractivity contribution in [3.8, 4) is 0 Å². The number of thioether (sulfide) groups is 1. The first-order valence-corrected chi connectivity index (χ1v) is 7.78. The van der Waals surface area contributed by atoms with E-state index < -0.39 is 22.8 Å². The minimum atomic E-state index is -1.05. The minimum Gasteiger partial charge on any atom is -0.480 e. The van der Waals surface area contributed by atoms with Gasteiger partial charge < -0.3 is 10.0 Å². The number of nitrogens with zero attached hydrogens (tertiary/aromatic N) is 2. The lowest BCUT2D eigenvalue weighted by Gasteiger charge is -2.26. The van der Waals surface area contributed by atoms with Crippen LogP contribution in [0.1, 0.15) is 23.7 Å². The normalized spacial score (nSPS) is 21.9. The molecule has 1 aromatic heterocycles. The van der Waals surface area contributed by atoms with Crippen LogP contribution in [0.4, 0.5) is 5.00 Å². The fourth-order valence-corrected chi connectivity index (χ4v) is 4.07. The average molecular weight is 316 g/mol. The smallest absolute Gasteiger partial charge is 0.327 e. The molecule has 1 saturated heterocycles. The Morgan fingerprint density at radius 1 is 1.60 bits per heavy atom. The van der Waals surface area contributed by atoms with Gasteiger partial charge in [-0.05, 0) is 6.42 Å². The summed E-state index contributed by atoms with van der Waals surface area (Å²) in [5.74, 6) is -1.17. The van der Waals surface area contributed by atoms with Crippen molar-refractivity contribution in [3.63, 3.8) is 0 Å². The van der Waals surface area contributed by atoms with E-state index in [1.807, 2.05) is 6.92 Å². The van der Waals surface area contributed by atoms with Crippen LogP contribution < -0.4 is 0 Å². The third-order valence-corrected chi connectivity index (χ3v) is 5.31. The van der Waals surface area contributed by atoms with Gasteiger partial charge in [-0.1, -0.05) is 18.3 Å². The first kappa shape index (κ1) is 14.8. The van der Waals surface area contributed by atoms with Crippen LogP contribution in [0.2, 0.25) is 0 Å². The minimum absolute atomic E-state index is 0.125. The Hall–Kier alpha value is -1.61. The van der Waals surface area contributed by atoms with Crippen LogP contribution in [0.5, 0.6) is 0 Å². The molecule has 2 unspecified atom stereocenters. The molecule has 1 aliphatic heterocycles.